The largest absolute Gasteiger partial charge is 0.478 e. The van der Waals surface area contributed by atoms with Crippen molar-refractivity contribution in [3.05, 3.63) is 11.1 Å². The predicted octanol–water partition coefficient (Wildman–Crippen LogP) is 0.544. The smallest absolute Gasteiger partial charge is 0.331 e. The molecule has 0 aromatic rings. The van der Waals surface area contributed by atoms with Crippen molar-refractivity contribution < 1.29 is 15.0 Å². The molecular formula is C7H10O3. The Labute approximate surface area is 59.0 Å². The second kappa shape index (κ2) is 2.84. The van der Waals surface area contributed by atoms with E-state index in [1.807, 2.05) is 0 Å². The van der Waals surface area contributed by atoms with Gasteiger partial charge in [-0.1, -0.05) is 0 Å². The molecule has 10 heavy (non-hydrogen) atoms. The fraction of sp³-hybridized carbons (Fsp3) is 0.571. The monoisotopic (exact) mass is 142 g/mol. The summed E-state index contributed by atoms with van der Waals surface area (Å²) < 4.78 is 0. The molecule has 56 valence electrons. The number of rotatable bonds is 2. The third-order valence-electron chi connectivity index (χ3n) is 1.78. The lowest BCUT2D eigenvalue weighted by atomic mass is 10.2. The molecule has 1 rings (SSSR count). The molecule has 0 spiro atoms. The van der Waals surface area contributed by atoms with Gasteiger partial charge in [0.2, 0.25) is 0 Å². The van der Waals surface area contributed by atoms with Gasteiger partial charge in [0.15, 0.2) is 0 Å². The maximum atomic E-state index is 10.4. The van der Waals surface area contributed by atoms with Crippen LogP contribution in [0.3, 0.4) is 0 Å². The molecule has 0 amide bonds. The average molecular weight is 142 g/mol. The third-order valence-corrected chi connectivity index (χ3v) is 1.78. The lowest BCUT2D eigenvalue weighted by Gasteiger charge is -1.96. The van der Waals surface area contributed by atoms with Crippen molar-refractivity contribution in [1.29, 1.82) is 0 Å². The van der Waals surface area contributed by atoms with Crippen LogP contribution >= 0.6 is 0 Å². The van der Waals surface area contributed by atoms with Crippen molar-refractivity contribution in [2.75, 3.05) is 6.61 Å². The van der Waals surface area contributed by atoms with Gasteiger partial charge >= 0.3 is 5.97 Å². The van der Waals surface area contributed by atoms with Crippen molar-refractivity contribution >= 4 is 5.97 Å². The third kappa shape index (κ3) is 1.19. The molecule has 1 aliphatic rings. The van der Waals surface area contributed by atoms with Gasteiger partial charge in [0, 0.05) is 5.57 Å². The number of carboxylic acids is 1. The molecular weight excluding hydrogens is 132 g/mol. The van der Waals surface area contributed by atoms with E-state index in [1.165, 1.54) is 0 Å². The van der Waals surface area contributed by atoms with Crippen LogP contribution in [0, 0.1) is 0 Å². The van der Waals surface area contributed by atoms with E-state index in [9.17, 15) is 4.79 Å². The van der Waals surface area contributed by atoms with E-state index in [-0.39, 0.29) is 6.61 Å². The van der Waals surface area contributed by atoms with E-state index >= 15 is 0 Å². The van der Waals surface area contributed by atoms with E-state index in [1.54, 1.807) is 0 Å². The van der Waals surface area contributed by atoms with Crippen molar-refractivity contribution in [2.24, 2.45) is 0 Å². The van der Waals surface area contributed by atoms with Gasteiger partial charge in [-0.25, -0.2) is 4.79 Å². The number of hydrogen-bond acceptors (Lipinski definition) is 2. The molecule has 1 aliphatic carbocycles. The minimum atomic E-state index is -0.874. The summed E-state index contributed by atoms with van der Waals surface area (Å²) in [5, 5.41) is 17.2. The Morgan fingerprint density at radius 3 is 2.60 bits per heavy atom. The van der Waals surface area contributed by atoms with E-state index in [0.29, 0.717) is 17.6 Å². The lowest BCUT2D eigenvalue weighted by molar-refractivity contribution is -0.132. The topological polar surface area (TPSA) is 57.5 Å². The molecule has 0 saturated carbocycles. The Kier molecular flexibility index (Phi) is 2.06. The van der Waals surface area contributed by atoms with Crippen LogP contribution in [0.1, 0.15) is 19.3 Å². The number of aliphatic hydroxyl groups excluding tert-OH is 1. The molecule has 0 aliphatic heterocycles. The highest BCUT2D eigenvalue weighted by atomic mass is 16.4. The van der Waals surface area contributed by atoms with Gasteiger partial charge in [0.25, 0.3) is 0 Å². The molecule has 0 aromatic heterocycles. The Morgan fingerprint density at radius 1 is 1.50 bits per heavy atom. The van der Waals surface area contributed by atoms with Gasteiger partial charge in [-0.3, -0.25) is 0 Å². The summed E-state index contributed by atoms with van der Waals surface area (Å²) in [7, 11) is 0. The number of hydrogen-bond donors (Lipinski definition) is 2. The van der Waals surface area contributed by atoms with Crippen molar-refractivity contribution in [2.45, 2.75) is 19.3 Å². The first kappa shape index (κ1) is 7.28. The summed E-state index contributed by atoms with van der Waals surface area (Å²) in [5.74, 6) is -0.874. The van der Waals surface area contributed by atoms with Crippen LogP contribution in [-0.4, -0.2) is 22.8 Å². The van der Waals surface area contributed by atoms with Crippen molar-refractivity contribution in [3.8, 4) is 0 Å². The fourth-order valence-electron chi connectivity index (χ4n) is 1.24. The van der Waals surface area contributed by atoms with Crippen LogP contribution in [0.25, 0.3) is 0 Å². The van der Waals surface area contributed by atoms with E-state index in [0.717, 1.165) is 12.8 Å². The molecule has 0 saturated heterocycles. The first-order chi connectivity index (χ1) is 4.75. The molecule has 0 bridgehead atoms. The van der Waals surface area contributed by atoms with E-state index < -0.39 is 5.97 Å². The van der Waals surface area contributed by atoms with Crippen molar-refractivity contribution in [1.82, 2.24) is 0 Å². The summed E-state index contributed by atoms with van der Waals surface area (Å²) >= 11 is 0. The predicted molar refractivity (Wildman–Crippen MR) is 35.6 cm³/mol. The summed E-state index contributed by atoms with van der Waals surface area (Å²) in [6.07, 6.45) is 2.24. The lowest BCUT2D eigenvalue weighted by Crippen LogP contribution is -2.01. The second-order valence-corrected chi connectivity index (χ2v) is 2.40. The maximum absolute atomic E-state index is 10.4. The van der Waals surface area contributed by atoms with Gasteiger partial charge in [-0.15, -0.1) is 0 Å². The highest BCUT2D eigenvalue weighted by molar-refractivity contribution is 5.88. The van der Waals surface area contributed by atoms with E-state index in [4.69, 9.17) is 10.2 Å². The standard InChI is InChI=1S/C7H10O3/c8-4-5-2-1-3-6(5)7(9)10/h8H,1-4H2,(H,9,10). The molecule has 0 radical (unpaired) electrons. The summed E-state index contributed by atoms with van der Waals surface area (Å²) in [4.78, 5) is 10.4. The maximum Gasteiger partial charge on any atom is 0.331 e. The van der Waals surface area contributed by atoms with Gasteiger partial charge in [-0.2, -0.15) is 0 Å². The average Bonchev–Trinajstić information content (AvgIpc) is 2.33. The summed E-state index contributed by atoms with van der Waals surface area (Å²) in [6.45, 7) is -0.0956. The number of carboxylic acid groups (broad SMARTS) is 1. The van der Waals surface area contributed by atoms with Gasteiger partial charge in [0.05, 0.1) is 6.61 Å². The molecule has 0 fully saturated rings. The molecule has 0 atom stereocenters. The minimum Gasteiger partial charge on any atom is -0.478 e. The quantitative estimate of drug-likeness (QED) is 0.591. The van der Waals surface area contributed by atoms with Crippen molar-refractivity contribution in [3.63, 3.8) is 0 Å². The first-order valence-corrected chi connectivity index (χ1v) is 3.30. The zero-order chi connectivity index (χ0) is 7.56. The minimum absolute atomic E-state index is 0.0956. The number of aliphatic carboxylic acids is 1. The summed E-state index contributed by atoms with van der Waals surface area (Å²) in [5.41, 5.74) is 1.12. The molecule has 0 unspecified atom stereocenters. The Morgan fingerprint density at radius 2 is 2.20 bits per heavy atom. The zero-order valence-corrected chi connectivity index (χ0v) is 5.63. The Bertz CT molecular complexity index is 181. The first-order valence-electron chi connectivity index (χ1n) is 3.30. The normalized spacial score (nSPS) is 18.1. The zero-order valence-electron chi connectivity index (χ0n) is 5.63. The van der Waals surface area contributed by atoms with Gasteiger partial charge in [0.1, 0.15) is 0 Å². The second-order valence-electron chi connectivity index (χ2n) is 2.40. The highest BCUT2D eigenvalue weighted by Crippen LogP contribution is 2.25. The molecule has 2 N–H and O–H groups in total. The number of aliphatic hydroxyl groups is 1. The molecule has 3 heteroatoms. The summed E-state index contributed by atoms with van der Waals surface area (Å²) in [6, 6.07) is 0. The van der Waals surface area contributed by atoms with Gasteiger partial charge in [-0.05, 0) is 24.8 Å². The van der Waals surface area contributed by atoms with Crippen LogP contribution in [0.2, 0.25) is 0 Å². The molecule has 3 nitrogen and oxygen atoms in total. The van der Waals surface area contributed by atoms with Crippen LogP contribution in [0.4, 0.5) is 0 Å². The molecule has 0 aromatic carbocycles. The SMILES string of the molecule is O=C(O)C1=C(CO)CCC1. The molecule has 0 heterocycles. The number of carbonyl (C=O) groups is 1. The Balaban J connectivity index is 2.78. The van der Waals surface area contributed by atoms with Crippen LogP contribution in [-0.2, 0) is 4.79 Å². The fourth-order valence-corrected chi connectivity index (χ4v) is 1.24. The van der Waals surface area contributed by atoms with Crippen LogP contribution in [0.15, 0.2) is 11.1 Å². The Hall–Kier alpha value is -0.830. The van der Waals surface area contributed by atoms with Gasteiger partial charge < -0.3 is 10.2 Å². The van der Waals surface area contributed by atoms with Crippen LogP contribution < -0.4 is 0 Å². The highest BCUT2D eigenvalue weighted by Gasteiger charge is 2.18. The van der Waals surface area contributed by atoms with Crippen LogP contribution in [0.5, 0.6) is 0 Å². The van der Waals surface area contributed by atoms with E-state index in [2.05, 4.69) is 0 Å².